The molecule has 1 aromatic carbocycles. The summed E-state index contributed by atoms with van der Waals surface area (Å²) in [7, 11) is 0. The van der Waals surface area contributed by atoms with Crippen molar-refractivity contribution in [2.24, 2.45) is 0 Å². The van der Waals surface area contributed by atoms with E-state index in [4.69, 9.17) is 5.73 Å². The van der Waals surface area contributed by atoms with E-state index in [9.17, 15) is 5.11 Å². The number of hydrogen-bond donors (Lipinski definition) is 2. The van der Waals surface area contributed by atoms with Crippen molar-refractivity contribution in [2.45, 2.75) is 0 Å². The highest BCUT2D eigenvalue weighted by atomic mass is 16.3. The van der Waals surface area contributed by atoms with Crippen molar-refractivity contribution in [3.05, 3.63) is 30.5 Å². The minimum atomic E-state index is 0.117. The Morgan fingerprint density at radius 2 is 2.14 bits per heavy atom. The van der Waals surface area contributed by atoms with Crippen LogP contribution in [0, 0.1) is 0 Å². The number of anilines is 1. The van der Waals surface area contributed by atoms with E-state index in [2.05, 4.69) is 15.2 Å². The summed E-state index contributed by atoms with van der Waals surface area (Å²) in [4.78, 5) is 3.98. The van der Waals surface area contributed by atoms with E-state index in [1.54, 1.807) is 18.2 Å². The van der Waals surface area contributed by atoms with Gasteiger partial charge in [0.05, 0.1) is 11.9 Å². The van der Waals surface area contributed by atoms with Crippen LogP contribution in [0.5, 0.6) is 5.75 Å². The van der Waals surface area contributed by atoms with E-state index in [-0.39, 0.29) is 11.7 Å². The van der Waals surface area contributed by atoms with Crippen LogP contribution in [0.2, 0.25) is 0 Å². The summed E-state index contributed by atoms with van der Waals surface area (Å²) in [6, 6.07) is 6.71. The molecule has 0 radical (unpaired) electrons. The molecule has 1 heterocycles. The van der Waals surface area contributed by atoms with E-state index < -0.39 is 0 Å². The van der Waals surface area contributed by atoms with Gasteiger partial charge in [-0.1, -0.05) is 12.1 Å². The zero-order valence-corrected chi connectivity index (χ0v) is 7.25. The van der Waals surface area contributed by atoms with Crippen LogP contribution in [0.3, 0.4) is 0 Å². The summed E-state index contributed by atoms with van der Waals surface area (Å²) < 4.78 is 0. The van der Waals surface area contributed by atoms with Gasteiger partial charge >= 0.3 is 0 Å². The van der Waals surface area contributed by atoms with Crippen LogP contribution in [0.4, 0.5) is 5.95 Å². The zero-order valence-electron chi connectivity index (χ0n) is 7.25. The fraction of sp³-hybridized carbons (Fsp3) is 0. The standard InChI is InChI=1S/C9H8N4O/c10-9-12-8(5-11-13-9)6-2-1-3-7(14)4-6/h1-5,14H,(H2,10,12,13). The Labute approximate surface area is 80.3 Å². The Balaban J connectivity index is 2.49. The molecule has 0 bridgehead atoms. The molecule has 5 heteroatoms. The Hall–Kier alpha value is -2.17. The largest absolute Gasteiger partial charge is 0.508 e. The number of aromatic nitrogens is 3. The van der Waals surface area contributed by atoms with Gasteiger partial charge in [-0.05, 0) is 12.1 Å². The quantitative estimate of drug-likeness (QED) is 0.692. The third-order valence-electron chi connectivity index (χ3n) is 1.72. The van der Waals surface area contributed by atoms with Gasteiger partial charge in [0.25, 0.3) is 0 Å². The van der Waals surface area contributed by atoms with Crippen LogP contribution in [0.15, 0.2) is 30.5 Å². The molecule has 0 atom stereocenters. The van der Waals surface area contributed by atoms with Crippen molar-refractivity contribution < 1.29 is 5.11 Å². The molecule has 0 unspecified atom stereocenters. The van der Waals surface area contributed by atoms with Gasteiger partial charge in [0.1, 0.15) is 5.75 Å². The molecule has 0 saturated heterocycles. The van der Waals surface area contributed by atoms with Crippen molar-refractivity contribution in [1.82, 2.24) is 15.2 Å². The number of phenols is 1. The number of nitrogen functional groups attached to an aromatic ring is 1. The minimum Gasteiger partial charge on any atom is -0.508 e. The first-order valence-corrected chi connectivity index (χ1v) is 4.00. The average molecular weight is 188 g/mol. The first-order valence-electron chi connectivity index (χ1n) is 4.00. The summed E-state index contributed by atoms with van der Waals surface area (Å²) in [5, 5.41) is 16.5. The lowest BCUT2D eigenvalue weighted by atomic mass is 10.1. The van der Waals surface area contributed by atoms with Gasteiger partial charge in [-0.25, -0.2) is 4.98 Å². The minimum absolute atomic E-state index is 0.117. The molecule has 70 valence electrons. The maximum atomic E-state index is 9.25. The van der Waals surface area contributed by atoms with E-state index in [0.29, 0.717) is 5.69 Å². The van der Waals surface area contributed by atoms with E-state index in [1.807, 2.05) is 6.07 Å². The number of rotatable bonds is 1. The fourth-order valence-electron chi connectivity index (χ4n) is 1.12. The highest BCUT2D eigenvalue weighted by molar-refractivity contribution is 5.60. The molecular weight excluding hydrogens is 180 g/mol. The number of nitrogens with two attached hydrogens (primary N) is 1. The first kappa shape index (κ1) is 8.43. The number of phenolic OH excluding ortho intramolecular Hbond substituents is 1. The van der Waals surface area contributed by atoms with E-state index in [0.717, 1.165) is 5.56 Å². The third-order valence-corrected chi connectivity index (χ3v) is 1.72. The van der Waals surface area contributed by atoms with Crippen molar-refractivity contribution in [1.29, 1.82) is 0 Å². The molecule has 3 N–H and O–H groups in total. The van der Waals surface area contributed by atoms with Crippen LogP contribution in [0.25, 0.3) is 11.3 Å². The predicted molar refractivity (Wildman–Crippen MR) is 51.3 cm³/mol. The molecule has 5 nitrogen and oxygen atoms in total. The third kappa shape index (κ3) is 1.61. The smallest absolute Gasteiger partial charge is 0.240 e. The van der Waals surface area contributed by atoms with Crippen molar-refractivity contribution >= 4 is 5.95 Å². The predicted octanol–water partition coefficient (Wildman–Crippen LogP) is 0.826. The monoisotopic (exact) mass is 188 g/mol. The Bertz CT molecular complexity index is 415. The Morgan fingerprint density at radius 1 is 1.29 bits per heavy atom. The number of hydrogen-bond acceptors (Lipinski definition) is 5. The van der Waals surface area contributed by atoms with Crippen LogP contribution in [0.1, 0.15) is 0 Å². The average Bonchev–Trinajstić information content (AvgIpc) is 2.18. The van der Waals surface area contributed by atoms with Gasteiger partial charge in [0, 0.05) is 5.56 Å². The lowest BCUT2D eigenvalue weighted by molar-refractivity contribution is 0.475. The SMILES string of the molecule is Nc1nncc(-c2cccc(O)c2)n1. The van der Waals surface area contributed by atoms with E-state index in [1.165, 1.54) is 6.20 Å². The van der Waals surface area contributed by atoms with Gasteiger partial charge in [0.2, 0.25) is 5.95 Å². The highest BCUT2D eigenvalue weighted by Gasteiger charge is 2.01. The summed E-state index contributed by atoms with van der Waals surface area (Å²) in [6.07, 6.45) is 1.49. The molecule has 1 aromatic heterocycles. The maximum Gasteiger partial charge on any atom is 0.240 e. The number of aromatic hydroxyl groups is 1. The van der Waals surface area contributed by atoms with Crippen molar-refractivity contribution in [3.8, 4) is 17.0 Å². The summed E-state index contributed by atoms with van der Waals surface area (Å²) in [5.41, 5.74) is 6.73. The van der Waals surface area contributed by atoms with Gasteiger partial charge in [-0.2, -0.15) is 5.10 Å². The second kappa shape index (κ2) is 3.29. The van der Waals surface area contributed by atoms with Gasteiger partial charge < -0.3 is 10.8 Å². The molecule has 2 aromatic rings. The molecule has 0 aliphatic rings. The summed E-state index contributed by atoms with van der Waals surface area (Å²) >= 11 is 0. The lowest BCUT2D eigenvalue weighted by Gasteiger charge is -2.00. The topological polar surface area (TPSA) is 84.9 Å². The number of benzene rings is 1. The van der Waals surface area contributed by atoms with Crippen LogP contribution in [-0.4, -0.2) is 20.3 Å². The highest BCUT2D eigenvalue weighted by Crippen LogP contribution is 2.20. The summed E-state index contributed by atoms with van der Waals surface area (Å²) in [6.45, 7) is 0. The van der Waals surface area contributed by atoms with Gasteiger partial charge in [0.15, 0.2) is 0 Å². The molecule has 0 amide bonds. The maximum absolute atomic E-state index is 9.25. The van der Waals surface area contributed by atoms with Crippen LogP contribution < -0.4 is 5.73 Å². The van der Waals surface area contributed by atoms with E-state index >= 15 is 0 Å². The van der Waals surface area contributed by atoms with Crippen LogP contribution in [-0.2, 0) is 0 Å². The van der Waals surface area contributed by atoms with Gasteiger partial charge in [-0.15, -0.1) is 5.10 Å². The molecule has 0 fully saturated rings. The second-order valence-electron chi connectivity index (χ2n) is 2.75. The van der Waals surface area contributed by atoms with Crippen molar-refractivity contribution in [2.75, 3.05) is 5.73 Å². The van der Waals surface area contributed by atoms with Crippen LogP contribution >= 0.6 is 0 Å². The normalized spacial score (nSPS) is 10.0. The molecular formula is C9H8N4O. The van der Waals surface area contributed by atoms with Crippen molar-refractivity contribution in [3.63, 3.8) is 0 Å². The number of nitrogens with zero attached hydrogens (tertiary/aromatic N) is 3. The first-order chi connectivity index (χ1) is 6.75. The Kier molecular flexibility index (Phi) is 1.98. The Morgan fingerprint density at radius 3 is 2.86 bits per heavy atom. The fourth-order valence-corrected chi connectivity index (χ4v) is 1.12. The molecule has 0 aliphatic carbocycles. The zero-order chi connectivity index (χ0) is 9.97. The second-order valence-corrected chi connectivity index (χ2v) is 2.75. The molecule has 2 rings (SSSR count). The molecule has 14 heavy (non-hydrogen) atoms. The lowest BCUT2D eigenvalue weighted by Crippen LogP contribution is -1.97. The molecule has 0 saturated carbocycles. The molecule has 0 aliphatic heterocycles. The van der Waals surface area contributed by atoms with Gasteiger partial charge in [-0.3, -0.25) is 0 Å². The molecule has 0 spiro atoms. The summed E-state index contributed by atoms with van der Waals surface area (Å²) in [5.74, 6) is 0.297.